The summed E-state index contributed by atoms with van der Waals surface area (Å²) in [5.74, 6) is -0.905. The van der Waals surface area contributed by atoms with Gasteiger partial charge in [-0.1, -0.05) is 13.8 Å². The van der Waals surface area contributed by atoms with Crippen molar-refractivity contribution in [3.05, 3.63) is 22.4 Å². The van der Waals surface area contributed by atoms with Crippen LogP contribution in [-0.4, -0.2) is 25.7 Å². The van der Waals surface area contributed by atoms with Crippen molar-refractivity contribution in [3.63, 3.8) is 0 Å². The van der Waals surface area contributed by atoms with Crippen LogP contribution in [0.2, 0.25) is 0 Å². The van der Waals surface area contributed by atoms with Gasteiger partial charge in [-0.3, -0.25) is 0 Å². The Morgan fingerprint density at radius 1 is 1.40 bits per heavy atom. The van der Waals surface area contributed by atoms with Gasteiger partial charge in [0.1, 0.15) is 10.7 Å². The Kier molecular flexibility index (Phi) is 5.54. The maximum absolute atomic E-state index is 13.8. The van der Waals surface area contributed by atoms with E-state index >= 15 is 0 Å². The van der Waals surface area contributed by atoms with Gasteiger partial charge in [0.15, 0.2) is 0 Å². The number of nitrogens with two attached hydrogens (primary N) is 1. The van der Waals surface area contributed by atoms with Gasteiger partial charge < -0.3 is 10.8 Å². The largest absolute Gasteiger partial charge is 0.398 e. The van der Waals surface area contributed by atoms with Gasteiger partial charge in [0, 0.05) is 10.2 Å². The third kappa shape index (κ3) is 3.49. The number of sulfonamides is 1. The number of anilines is 1. The van der Waals surface area contributed by atoms with E-state index in [-0.39, 0.29) is 16.8 Å². The summed E-state index contributed by atoms with van der Waals surface area (Å²) < 4.78 is 41.1. The number of aliphatic hydroxyl groups is 1. The molecule has 0 aromatic heterocycles. The molecular weight excluding hydrogens is 351 g/mol. The fourth-order valence-electron chi connectivity index (χ4n) is 1.74. The van der Waals surface area contributed by atoms with E-state index in [4.69, 9.17) is 5.73 Å². The van der Waals surface area contributed by atoms with E-state index in [1.807, 2.05) is 0 Å². The van der Waals surface area contributed by atoms with Crippen molar-refractivity contribution < 1.29 is 17.9 Å². The molecule has 0 fully saturated rings. The van der Waals surface area contributed by atoms with Gasteiger partial charge >= 0.3 is 0 Å². The van der Waals surface area contributed by atoms with Crippen LogP contribution in [0.25, 0.3) is 0 Å². The minimum Gasteiger partial charge on any atom is -0.398 e. The topological polar surface area (TPSA) is 92.4 Å². The highest BCUT2D eigenvalue weighted by Gasteiger charge is 2.33. The highest BCUT2D eigenvalue weighted by molar-refractivity contribution is 9.10. The number of rotatable bonds is 6. The van der Waals surface area contributed by atoms with Gasteiger partial charge in [0.2, 0.25) is 10.0 Å². The molecule has 0 bridgehead atoms. The molecule has 0 radical (unpaired) electrons. The lowest BCUT2D eigenvalue weighted by molar-refractivity contribution is 0.172. The maximum atomic E-state index is 13.8. The number of hydrogen-bond acceptors (Lipinski definition) is 4. The number of aliphatic hydroxyl groups excluding tert-OH is 1. The molecule has 0 aliphatic carbocycles. The van der Waals surface area contributed by atoms with Gasteiger partial charge in [-0.2, -0.15) is 0 Å². The first-order valence-corrected chi connectivity index (χ1v) is 8.38. The molecule has 0 atom stereocenters. The van der Waals surface area contributed by atoms with Gasteiger partial charge in [-0.05, 0) is 40.9 Å². The standard InChI is InChI=1S/C12H18BrFN2O3S/c1-3-12(4-2,7-17)16-20(18,19)11-6-10(15)8(13)5-9(11)14/h5-6,16-17H,3-4,7,15H2,1-2H3. The lowest BCUT2D eigenvalue weighted by Crippen LogP contribution is -2.50. The molecule has 1 aromatic rings. The molecule has 0 unspecified atom stereocenters. The average molecular weight is 369 g/mol. The predicted octanol–water partition coefficient (Wildman–Crippen LogP) is 2.00. The van der Waals surface area contributed by atoms with Crippen molar-refractivity contribution in [1.82, 2.24) is 4.72 Å². The zero-order valence-corrected chi connectivity index (χ0v) is 13.7. The Bertz CT molecular complexity index is 580. The molecule has 0 aliphatic rings. The Morgan fingerprint density at radius 2 is 1.95 bits per heavy atom. The van der Waals surface area contributed by atoms with Crippen LogP contribution >= 0.6 is 15.9 Å². The van der Waals surface area contributed by atoms with Gasteiger partial charge in [-0.15, -0.1) is 0 Å². The van der Waals surface area contributed by atoms with E-state index < -0.39 is 26.3 Å². The number of hydrogen-bond donors (Lipinski definition) is 3. The van der Waals surface area contributed by atoms with Crippen molar-refractivity contribution in [2.45, 2.75) is 37.1 Å². The number of nitrogen functional groups attached to an aromatic ring is 1. The lowest BCUT2D eigenvalue weighted by Gasteiger charge is -2.30. The summed E-state index contributed by atoms with van der Waals surface area (Å²) in [4.78, 5) is -0.530. The Hall–Kier alpha value is -0.700. The summed E-state index contributed by atoms with van der Waals surface area (Å²) in [5.41, 5.74) is 4.71. The normalized spacial score (nSPS) is 12.7. The van der Waals surface area contributed by atoms with Crippen LogP contribution in [0.1, 0.15) is 26.7 Å². The van der Waals surface area contributed by atoms with Crippen molar-refractivity contribution in [3.8, 4) is 0 Å². The average Bonchev–Trinajstić information content (AvgIpc) is 2.40. The molecule has 1 aromatic carbocycles. The molecule has 5 nitrogen and oxygen atoms in total. The monoisotopic (exact) mass is 368 g/mol. The first kappa shape index (κ1) is 17.4. The molecule has 0 spiro atoms. The minimum atomic E-state index is -4.11. The Balaban J connectivity index is 3.28. The highest BCUT2D eigenvalue weighted by Crippen LogP contribution is 2.27. The molecule has 4 N–H and O–H groups in total. The third-order valence-electron chi connectivity index (χ3n) is 3.35. The third-order valence-corrected chi connectivity index (χ3v) is 5.63. The van der Waals surface area contributed by atoms with E-state index in [9.17, 15) is 17.9 Å². The Labute approximate surface area is 126 Å². The second-order valence-corrected chi connectivity index (χ2v) is 7.06. The molecule has 0 heterocycles. The van der Waals surface area contributed by atoms with Crippen molar-refractivity contribution in [2.24, 2.45) is 0 Å². The fourth-order valence-corrected chi connectivity index (χ4v) is 3.69. The van der Waals surface area contributed by atoms with Crippen LogP contribution in [0.15, 0.2) is 21.5 Å². The zero-order valence-electron chi connectivity index (χ0n) is 11.3. The summed E-state index contributed by atoms with van der Waals surface area (Å²) in [6.45, 7) is 3.12. The number of halogens is 2. The molecule has 114 valence electrons. The van der Waals surface area contributed by atoms with Gasteiger partial charge in [0.05, 0.1) is 12.1 Å². The molecule has 0 aliphatic heterocycles. The van der Waals surface area contributed by atoms with E-state index in [0.29, 0.717) is 12.8 Å². The van der Waals surface area contributed by atoms with Crippen LogP contribution in [0.5, 0.6) is 0 Å². The molecular formula is C12H18BrFN2O3S. The SMILES string of the molecule is CCC(CC)(CO)NS(=O)(=O)c1cc(N)c(Br)cc1F. The summed E-state index contributed by atoms with van der Waals surface area (Å²) in [5, 5.41) is 9.40. The second-order valence-electron chi connectivity index (χ2n) is 4.56. The van der Waals surface area contributed by atoms with E-state index in [2.05, 4.69) is 20.7 Å². The van der Waals surface area contributed by atoms with Crippen LogP contribution in [-0.2, 0) is 10.0 Å². The van der Waals surface area contributed by atoms with Crippen molar-refractivity contribution in [1.29, 1.82) is 0 Å². The van der Waals surface area contributed by atoms with Crippen molar-refractivity contribution >= 4 is 31.6 Å². The summed E-state index contributed by atoms with van der Waals surface area (Å²) in [7, 11) is -4.11. The summed E-state index contributed by atoms with van der Waals surface area (Å²) >= 11 is 3.03. The predicted molar refractivity (Wildman–Crippen MR) is 79.2 cm³/mol. The zero-order chi connectivity index (χ0) is 15.6. The molecule has 0 saturated carbocycles. The van der Waals surface area contributed by atoms with Gasteiger partial charge in [-0.25, -0.2) is 17.5 Å². The van der Waals surface area contributed by atoms with E-state index in [0.717, 1.165) is 12.1 Å². The number of benzene rings is 1. The molecule has 0 saturated heterocycles. The quantitative estimate of drug-likeness (QED) is 0.669. The van der Waals surface area contributed by atoms with E-state index in [1.165, 1.54) is 0 Å². The number of nitrogens with one attached hydrogen (secondary N) is 1. The van der Waals surface area contributed by atoms with Gasteiger partial charge in [0.25, 0.3) is 0 Å². The van der Waals surface area contributed by atoms with E-state index in [1.54, 1.807) is 13.8 Å². The second kappa shape index (κ2) is 6.38. The minimum absolute atomic E-state index is 0.120. The van der Waals surface area contributed by atoms with Crippen LogP contribution in [0.3, 0.4) is 0 Å². The first-order valence-electron chi connectivity index (χ1n) is 6.10. The fraction of sp³-hybridized carbons (Fsp3) is 0.500. The van der Waals surface area contributed by atoms with Crippen LogP contribution < -0.4 is 10.5 Å². The van der Waals surface area contributed by atoms with Crippen molar-refractivity contribution in [2.75, 3.05) is 12.3 Å². The van der Waals surface area contributed by atoms with Crippen LogP contribution in [0, 0.1) is 5.82 Å². The molecule has 1 rings (SSSR count). The summed E-state index contributed by atoms with van der Waals surface area (Å²) in [6, 6.07) is 2.05. The smallest absolute Gasteiger partial charge is 0.244 e. The lowest BCUT2D eigenvalue weighted by atomic mass is 9.96. The molecule has 20 heavy (non-hydrogen) atoms. The first-order chi connectivity index (χ1) is 9.21. The van der Waals surface area contributed by atoms with Crippen LogP contribution in [0.4, 0.5) is 10.1 Å². The highest BCUT2D eigenvalue weighted by atomic mass is 79.9. The molecule has 8 heteroatoms. The Morgan fingerprint density at radius 3 is 2.40 bits per heavy atom. The summed E-state index contributed by atoms with van der Waals surface area (Å²) in [6.07, 6.45) is 0.764. The molecule has 0 amide bonds. The maximum Gasteiger partial charge on any atom is 0.244 e.